The molecule has 0 amide bonds. The number of pyridine rings is 1. The van der Waals surface area contributed by atoms with Gasteiger partial charge in [0, 0.05) is 12.1 Å². The molecular formula is C29H36BNO3. The van der Waals surface area contributed by atoms with Crippen LogP contribution in [0.1, 0.15) is 71.2 Å². The molecule has 178 valence electrons. The molecule has 0 bridgehead atoms. The van der Waals surface area contributed by atoms with Crippen molar-refractivity contribution in [1.82, 2.24) is 4.98 Å². The zero-order chi connectivity index (χ0) is 24.6. The molecule has 1 aromatic heterocycles. The van der Waals surface area contributed by atoms with Crippen molar-refractivity contribution < 1.29 is 14.0 Å². The third-order valence-electron chi connectivity index (χ3n) is 6.99. The van der Waals surface area contributed by atoms with E-state index in [0.717, 1.165) is 16.9 Å². The topological polar surface area (TPSA) is 40.6 Å². The fraction of sp³-hybridized carbons (Fsp3) is 0.414. The van der Waals surface area contributed by atoms with E-state index in [-0.39, 0.29) is 29.7 Å². The first-order valence-corrected chi connectivity index (χ1v) is 12.0. The smallest absolute Gasteiger partial charge is 0.487 e. The number of nitrogens with zero attached hydrogens (tertiary/aromatic N) is 1. The van der Waals surface area contributed by atoms with Gasteiger partial charge in [-0.3, -0.25) is 4.98 Å². The van der Waals surface area contributed by atoms with Gasteiger partial charge in [-0.2, -0.15) is 0 Å². The van der Waals surface area contributed by atoms with E-state index in [1.54, 1.807) is 6.20 Å². The molecule has 0 aliphatic carbocycles. The van der Waals surface area contributed by atoms with Crippen molar-refractivity contribution in [2.24, 2.45) is 5.41 Å². The molecule has 0 radical (unpaired) electrons. The number of rotatable bonds is 6. The summed E-state index contributed by atoms with van der Waals surface area (Å²) in [6.45, 7) is 15.6. The van der Waals surface area contributed by atoms with Crippen LogP contribution in [0.25, 0.3) is 0 Å². The van der Waals surface area contributed by atoms with Crippen LogP contribution in [0.4, 0.5) is 0 Å². The van der Waals surface area contributed by atoms with Gasteiger partial charge in [-0.15, -0.1) is 0 Å². The summed E-state index contributed by atoms with van der Waals surface area (Å²) in [5.41, 5.74) is 3.86. The van der Waals surface area contributed by atoms with Crippen LogP contribution >= 0.6 is 0 Å². The van der Waals surface area contributed by atoms with E-state index in [4.69, 9.17) is 14.0 Å². The van der Waals surface area contributed by atoms with Gasteiger partial charge in [0.15, 0.2) is 0 Å². The maximum absolute atomic E-state index is 6.23. The van der Waals surface area contributed by atoms with Gasteiger partial charge in [-0.25, -0.2) is 0 Å². The molecule has 1 aliphatic rings. The molecule has 0 N–H and O–H groups in total. The summed E-state index contributed by atoms with van der Waals surface area (Å²) < 4.78 is 18.4. The predicted octanol–water partition coefficient (Wildman–Crippen LogP) is 6.14. The first kappa shape index (κ1) is 24.5. The van der Waals surface area contributed by atoms with E-state index in [2.05, 4.69) is 102 Å². The molecule has 0 saturated carbocycles. The highest BCUT2D eigenvalue weighted by Crippen LogP contribution is 2.41. The van der Waals surface area contributed by atoms with E-state index in [0.29, 0.717) is 6.61 Å². The fourth-order valence-electron chi connectivity index (χ4n) is 4.41. The second-order valence-electron chi connectivity index (χ2n) is 11.2. The number of aromatic nitrogens is 1. The quantitative estimate of drug-likeness (QED) is 0.417. The van der Waals surface area contributed by atoms with Crippen LogP contribution in [0.15, 0.2) is 72.9 Å². The first-order valence-electron chi connectivity index (χ1n) is 12.0. The Morgan fingerprint density at radius 3 is 1.88 bits per heavy atom. The van der Waals surface area contributed by atoms with Crippen LogP contribution in [0.2, 0.25) is 0 Å². The lowest BCUT2D eigenvalue weighted by atomic mass is 9.71. The molecule has 0 spiro atoms. The maximum Gasteiger partial charge on any atom is 0.494 e. The number of hydrogen-bond donors (Lipinski definition) is 0. The van der Waals surface area contributed by atoms with Gasteiger partial charge in [0.1, 0.15) is 12.4 Å². The Hall–Kier alpha value is -2.63. The normalized spacial score (nSPS) is 18.0. The second kappa shape index (κ2) is 9.20. The van der Waals surface area contributed by atoms with Crippen molar-refractivity contribution in [3.8, 4) is 5.75 Å². The fourth-order valence-corrected chi connectivity index (χ4v) is 4.41. The Labute approximate surface area is 204 Å². The molecule has 3 aromatic rings. The first-order chi connectivity index (χ1) is 16.0. The molecule has 2 aromatic carbocycles. The van der Waals surface area contributed by atoms with Crippen molar-refractivity contribution in [2.75, 3.05) is 0 Å². The minimum atomic E-state index is -0.345. The molecule has 1 saturated heterocycles. The minimum absolute atomic E-state index is 0.0438. The second-order valence-corrected chi connectivity index (χ2v) is 11.2. The zero-order valence-electron chi connectivity index (χ0n) is 21.5. The molecule has 5 heteroatoms. The average Bonchev–Trinajstić information content (AvgIpc) is 3.00. The summed E-state index contributed by atoms with van der Waals surface area (Å²) in [5, 5.41) is 0. The summed E-state index contributed by atoms with van der Waals surface area (Å²) in [5.74, 6) is 1.09. The van der Waals surface area contributed by atoms with Crippen molar-refractivity contribution in [1.29, 1.82) is 0 Å². The standard InChI is InChI=1S/C29H36BNO3/c1-27(2,3)26(22-13-17-25(18-14-22)32-20-24-10-8-9-19-31-24)21-11-15-23(16-12-21)30-33-28(4,5)29(6,7)34-30/h8-19,26H,20H2,1-7H3. The van der Waals surface area contributed by atoms with Crippen LogP contribution in [-0.2, 0) is 15.9 Å². The summed E-state index contributed by atoms with van der Waals surface area (Å²) in [6, 6.07) is 23.0. The Bertz CT molecular complexity index is 1070. The van der Waals surface area contributed by atoms with Crippen molar-refractivity contribution >= 4 is 12.6 Å². The third kappa shape index (κ3) is 5.21. The summed E-state index contributed by atoms with van der Waals surface area (Å²) >= 11 is 0. The summed E-state index contributed by atoms with van der Waals surface area (Å²) in [7, 11) is -0.345. The Kier molecular flexibility index (Phi) is 6.63. The van der Waals surface area contributed by atoms with Crippen LogP contribution in [-0.4, -0.2) is 23.3 Å². The van der Waals surface area contributed by atoms with E-state index in [1.807, 2.05) is 18.2 Å². The van der Waals surface area contributed by atoms with E-state index < -0.39 is 0 Å². The summed E-state index contributed by atoms with van der Waals surface area (Å²) in [6.07, 6.45) is 1.79. The number of benzene rings is 2. The van der Waals surface area contributed by atoms with Crippen LogP contribution in [0.5, 0.6) is 5.75 Å². The molecule has 34 heavy (non-hydrogen) atoms. The van der Waals surface area contributed by atoms with Gasteiger partial charge in [0.2, 0.25) is 0 Å². The van der Waals surface area contributed by atoms with Gasteiger partial charge < -0.3 is 14.0 Å². The molecule has 1 atom stereocenters. The van der Waals surface area contributed by atoms with Gasteiger partial charge in [-0.05, 0) is 74.0 Å². The summed E-state index contributed by atoms with van der Waals surface area (Å²) in [4.78, 5) is 4.32. The van der Waals surface area contributed by atoms with E-state index in [1.165, 1.54) is 11.1 Å². The van der Waals surface area contributed by atoms with E-state index in [9.17, 15) is 0 Å². The molecule has 4 nitrogen and oxygen atoms in total. The van der Waals surface area contributed by atoms with Crippen LogP contribution in [0, 0.1) is 5.41 Å². The zero-order valence-corrected chi connectivity index (χ0v) is 21.5. The number of ether oxygens (including phenoxy) is 1. The molecule has 1 aliphatic heterocycles. The monoisotopic (exact) mass is 457 g/mol. The minimum Gasteiger partial charge on any atom is -0.487 e. The highest BCUT2D eigenvalue weighted by Gasteiger charge is 2.51. The predicted molar refractivity (Wildman–Crippen MR) is 138 cm³/mol. The highest BCUT2D eigenvalue weighted by molar-refractivity contribution is 6.62. The van der Waals surface area contributed by atoms with Crippen LogP contribution < -0.4 is 10.2 Å². The average molecular weight is 457 g/mol. The lowest BCUT2D eigenvalue weighted by Crippen LogP contribution is -2.41. The maximum atomic E-state index is 6.23. The Morgan fingerprint density at radius 1 is 0.824 bits per heavy atom. The van der Waals surface area contributed by atoms with Crippen molar-refractivity contribution in [3.05, 3.63) is 89.7 Å². The molecule has 1 unspecified atom stereocenters. The van der Waals surface area contributed by atoms with Crippen molar-refractivity contribution in [3.63, 3.8) is 0 Å². The van der Waals surface area contributed by atoms with E-state index >= 15 is 0 Å². The number of hydrogen-bond acceptors (Lipinski definition) is 4. The van der Waals surface area contributed by atoms with Gasteiger partial charge >= 0.3 is 7.12 Å². The molecular weight excluding hydrogens is 421 g/mol. The Morgan fingerprint density at radius 2 is 1.38 bits per heavy atom. The largest absolute Gasteiger partial charge is 0.494 e. The van der Waals surface area contributed by atoms with Gasteiger partial charge in [-0.1, -0.05) is 63.2 Å². The van der Waals surface area contributed by atoms with Gasteiger partial charge in [0.05, 0.1) is 16.9 Å². The van der Waals surface area contributed by atoms with Gasteiger partial charge in [0.25, 0.3) is 0 Å². The molecule has 1 fully saturated rings. The lowest BCUT2D eigenvalue weighted by molar-refractivity contribution is 0.00578. The van der Waals surface area contributed by atoms with Crippen LogP contribution in [0.3, 0.4) is 0 Å². The third-order valence-corrected chi connectivity index (χ3v) is 6.99. The molecule has 2 heterocycles. The molecule has 4 rings (SSSR count). The van der Waals surface area contributed by atoms with Crippen molar-refractivity contribution in [2.45, 2.75) is 72.2 Å². The highest BCUT2D eigenvalue weighted by atomic mass is 16.7. The Balaban J connectivity index is 1.51. The lowest BCUT2D eigenvalue weighted by Gasteiger charge is -2.32. The SMILES string of the molecule is CC(C)(C)C(c1ccc(OCc2ccccn2)cc1)c1ccc(B2OC(C)(C)C(C)(C)O2)cc1.